The molecule has 1 amide bonds. The molecule has 1 fully saturated rings. The van der Waals surface area contributed by atoms with Crippen LogP contribution in [0.4, 0.5) is 0 Å². The first-order valence-electron chi connectivity index (χ1n) is 5.25. The van der Waals surface area contributed by atoms with Gasteiger partial charge in [0.05, 0.1) is 12.2 Å². The van der Waals surface area contributed by atoms with Crippen molar-refractivity contribution in [2.75, 3.05) is 13.2 Å². The molecule has 1 aliphatic rings. The van der Waals surface area contributed by atoms with Gasteiger partial charge in [-0.1, -0.05) is 0 Å². The highest BCUT2D eigenvalue weighted by molar-refractivity contribution is 5.75. The summed E-state index contributed by atoms with van der Waals surface area (Å²) in [4.78, 5) is 11.2. The van der Waals surface area contributed by atoms with Gasteiger partial charge in [-0.2, -0.15) is 0 Å². The zero-order chi connectivity index (χ0) is 10.4. The van der Waals surface area contributed by atoms with E-state index < -0.39 is 6.10 Å². The summed E-state index contributed by atoms with van der Waals surface area (Å²) in [5.41, 5.74) is 0. The molecule has 4 heteroatoms. The second-order valence-electron chi connectivity index (χ2n) is 3.83. The number of rotatable bonds is 5. The van der Waals surface area contributed by atoms with Crippen LogP contribution >= 0.6 is 0 Å². The number of carbonyl (C=O) groups excluding carboxylic acids is 1. The zero-order valence-corrected chi connectivity index (χ0v) is 8.66. The van der Waals surface area contributed by atoms with E-state index in [9.17, 15) is 4.79 Å². The van der Waals surface area contributed by atoms with Gasteiger partial charge in [0.15, 0.2) is 0 Å². The Morgan fingerprint density at radius 2 is 2.50 bits per heavy atom. The summed E-state index contributed by atoms with van der Waals surface area (Å²) in [6.45, 7) is 2.82. The largest absolute Gasteiger partial charge is 0.392 e. The summed E-state index contributed by atoms with van der Waals surface area (Å²) in [5.74, 6) is 0.00130. The van der Waals surface area contributed by atoms with E-state index in [1.807, 2.05) is 0 Å². The van der Waals surface area contributed by atoms with Gasteiger partial charge in [0.25, 0.3) is 0 Å². The summed E-state index contributed by atoms with van der Waals surface area (Å²) in [7, 11) is 0. The van der Waals surface area contributed by atoms with Crippen molar-refractivity contribution in [2.24, 2.45) is 0 Å². The van der Waals surface area contributed by atoms with E-state index in [4.69, 9.17) is 9.84 Å². The van der Waals surface area contributed by atoms with Gasteiger partial charge in [0.1, 0.15) is 0 Å². The highest BCUT2D eigenvalue weighted by Gasteiger charge is 2.16. The lowest BCUT2D eigenvalue weighted by Crippen LogP contribution is -2.30. The van der Waals surface area contributed by atoms with Gasteiger partial charge >= 0.3 is 0 Å². The van der Waals surface area contributed by atoms with Crippen LogP contribution in [0.15, 0.2) is 0 Å². The molecule has 0 bridgehead atoms. The minimum absolute atomic E-state index is 0.00130. The second-order valence-corrected chi connectivity index (χ2v) is 3.83. The van der Waals surface area contributed by atoms with Gasteiger partial charge in [-0.15, -0.1) is 0 Å². The van der Waals surface area contributed by atoms with Gasteiger partial charge in [0.2, 0.25) is 5.91 Å². The fraction of sp³-hybridized carbons (Fsp3) is 0.900. The number of carbonyl (C=O) groups is 1. The standard InChI is InChI=1S/C10H19NO3/c1-8(12)7-11-10(13)5-4-9-3-2-6-14-9/h8-9,12H,2-7H2,1H3,(H,11,13)/t8-,9+/m0/s1. The molecule has 82 valence electrons. The summed E-state index contributed by atoms with van der Waals surface area (Å²) < 4.78 is 5.40. The Morgan fingerprint density at radius 1 is 1.71 bits per heavy atom. The first kappa shape index (κ1) is 11.5. The maximum absolute atomic E-state index is 11.2. The molecule has 14 heavy (non-hydrogen) atoms. The van der Waals surface area contributed by atoms with Crippen molar-refractivity contribution in [3.05, 3.63) is 0 Å². The van der Waals surface area contributed by atoms with Gasteiger partial charge in [-0.05, 0) is 26.2 Å². The highest BCUT2D eigenvalue weighted by atomic mass is 16.5. The number of aliphatic hydroxyl groups excluding tert-OH is 1. The third kappa shape index (κ3) is 4.58. The van der Waals surface area contributed by atoms with E-state index in [1.54, 1.807) is 6.92 Å². The first-order valence-corrected chi connectivity index (χ1v) is 5.25. The molecule has 0 saturated carbocycles. The van der Waals surface area contributed by atoms with Gasteiger partial charge in [-0.3, -0.25) is 4.79 Å². The number of amides is 1. The lowest BCUT2D eigenvalue weighted by atomic mass is 10.1. The molecule has 0 radical (unpaired) electrons. The molecule has 2 atom stereocenters. The van der Waals surface area contributed by atoms with Crippen molar-refractivity contribution in [1.29, 1.82) is 0 Å². The van der Waals surface area contributed by atoms with Crippen LogP contribution in [0.3, 0.4) is 0 Å². The third-order valence-corrected chi connectivity index (χ3v) is 2.31. The molecule has 4 nitrogen and oxygen atoms in total. The second kappa shape index (κ2) is 5.98. The molecule has 0 aromatic carbocycles. The topological polar surface area (TPSA) is 58.6 Å². The maximum Gasteiger partial charge on any atom is 0.220 e. The van der Waals surface area contributed by atoms with E-state index in [-0.39, 0.29) is 12.0 Å². The van der Waals surface area contributed by atoms with Crippen LogP contribution in [-0.4, -0.2) is 36.4 Å². The zero-order valence-electron chi connectivity index (χ0n) is 8.66. The SMILES string of the molecule is C[C@H](O)CNC(=O)CC[C@H]1CCCO1. The molecule has 2 N–H and O–H groups in total. The molecule has 0 unspecified atom stereocenters. The number of hydrogen-bond donors (Lipinski definition) is 2. The molecule has 1 rings (SSSR count). The Balaban J connectivity index is 2.02. The first-order chi connectivity index (χ1) is 6.68. The minimum Gasteiger partial charge on any atom is -0.392 e. The van der Waals surface area contributed by atoms with Crippen LogP contribution in [0.1, 0.15) is 32.6 Å². The van der Waals surface area contributed by atoms with Gasteiger partial charge < -0.3 is 15.2 Å². The van der Waals surface area contributed by atoms with Gasteiger partial charge in [-0.25, -0.2) is 0 Å². The fourth-order valence-electron chi connectivity index (χ4n) is 1.51. The molecule has 0 aromatic rings. The molecule has 0 spiro atoms. The summed E-state index contributed by atoms with van der Waals surface area (Å²) in [6.07, 6.45) is 3.28. The number of ether oxygens (including phenoxy) is 1. The molecule has 1 saturated heterocycles. The number of nitrogens with one attached hydrogen (secondary N) is 1. The minimum atomic E-state index is -0.471. The van der Waals surface area contributed by atoms with Crippen molar-refractivity contribution in [2.45, 2.75) is 44.8 Å². The summed E-state index contributed by atoms with van der Waals surface area (Å²) in [5, 5.41) is 11.6. The molecular formula is C10H19NO3. The van der Waals surface area contributed by atoms with Crippen LogP contribution in [0.2, 0.25) is 0 Å². The Bertz CT molecular complexity index is 176. The predicted octanol–water partition coefficient (Wildman–Crippen LogP) is 0.443. The molecule has 1 aliphatic heterocycles. The average Bonchev–Trinajstić information content (AvgIpc) is 2.63. The van der Waals surface area contributed by atoms with Crippen molar-refractivity contribution >= 4 is 5.91 Å². The van der Waals surface area contributed by atoms with E-state index in [0.717, 1.165) is 25.9 Å². The molecule has 1 heterocycles. The molecule has 0 aromatic heterocycles. The van der Waals surface area contributed by atoms with Crippen LogP contribution in [0.5, 0.6) is 0 Å². The summed E-state index contributed by atoms with van der Waals surface area (Å²) >= 11 is 0. The van der Waals surface area contributed by atoms with Crippen molar-refractivity contribution in [3.63, 3.8) is 0 Å². The van der Waals surface area contributed by atoms with Crippen molar-refractivity contribution in [1.82, 2.24) is 5.32 Å². The predicted molar refractivity (Wildman–Crippen MR) is 52.9 cm³/mol. The normalized spacial score (nSPS) is 23.4. The third-order valence-electron chi connectivity index (χ3n) is 2.31. The smallest absolute Gasteiger partial charge is 0.220 e. The Morgan fingerprint density at radius 3 is 3.07 bits per heavy atom. The van der Waals surface area contributed by atoms with E-state index in [2.05, 4.69) is 5.32 Å². The lowest BCUT2D eigenvalue weighted by Gasteiger charge is -2.10. The Kier molecular flexibility index (Phi) is 4.90. The Labute approximate surface area is 84.6 Å². The highest BCUT2D eigenvalue weighted by Crippen LogP contribution is 2.16. The Hall–Kier alpha value is -0.610. The molecule has 0 aliphatic carbocycles. The summed E-state index contributed by atoms with van der Waals surface area (Å²) in [6, 6.07) is 0. The van der Waals surface area contributed by atoms with Crippen molar-refractivity contribution < 1.29 is 14.6 Å². The van der Waals surface area contributed by atoms with E-state index in [1.165, 1.54) is 0 Å². The average molecular weight is 201 g/mol. The number of aliphatic hydroxyl groups is 1. The van der Waals surface area contributed by atoms with Crippen LogP contribution in [-0.2, 0) is 9.53 Å². The van der Waals surface area contributed by atoms with E-state index >= 15 is 0 Å². The van der Waals surface area contributed by atoms with Gasteiger partial charge in [0, 0.05) is 19.6 Å². The van der Waals surface area contributed by atoms with Crippen molar-refractivity contribution in [3.8, 4) is 0 Å². The van der Waals surface area contributed by atoms with Crippen LogP contribution < -0.4 is 5.32 Å². The van der Waals surface area contributed by atoms with Crippen LogP contribution in [0, 0.1) is 0 Å². The molecular weight excluding hydrogens is 182 g/mol. The monoisotopic (exact) mass is 201 g/mol. The fourth-order valence-corrected chi connectivity index (χ4v) is 1.51. The quantitative estimate of drug-likeness (QED) is 0.678. The maximum atomic E-state index is 11.2. The lowest BCUT2D eigenvalue weighted by molar-refractivity contribution is -0.122. The van der Waals surface area contributed by atoms with Crippen LogP contribution in [0.25, 0.3) is 0 Å². The van der Waals surface area contributed by atoms with E-state index in [0.29, 0.717) is 13.0 Å². The number of hydrogen-bond acceptors (Lipinski definition) is 3.